The minimum absolute atomic E-state index is 0.00677. The monoisotopic (exact) mass is 758 g/mol. The molecule has 5 aliphatic carbocycles. The normalized spacial score (nSPS) is 22.3. The molecule has 4 saturated carbocycles. The van der Waals surface area contributed by atoms with Crippen LogP contribution in [0.15, 0.2) is 170 Å². The number of fused-ring (bicyclic) bond motifs is 6. The summed E-state index contributed by atoms with van der Waals surface area (Å²) < 4.78 is 2.38. The second kappa shape index (κ2) is 12.7. The molecule has 0 N–H and O–H groups in total. The minimum atomic E-state index is -0.00677. The zero-order valence-corrected chi connectivity index (χ0v) is 32.8. The summed E-state index contributed by atoms with van der Waals surface area (Å²) in [4.78, 5) is 16.2. The Morgan fingerprint density at radius 1 is 0.424 bits per heavy atom. The fourth-order valence-electron chi connectivity index (χ4n) is 12.7. The van der Waals surface area contributed by atoms with Crippen LogP contribution in [0.2, 0.25) is 0 Å². The van der Waals surface area contributed by atoms with Crippen LogP contribution in [0.1, 0.15) is 43.2 Å². The molecular weight excluding hydrogens is 717 g/mol. The standard InChI is InChI=1S/C55H42N4/c1-3-14-36(15-4-1)52-56-53(38-17-11-16-37(33-38)42-22-13-27-49-50(42)45-21-8-10-26-48(45)59(49)41-18-5-2-6-19-41)58-54(57-52)46-24-12-23-44-43-20-7-9-25-47(43)55(51(44)46)39-29-34-28-35(31-39)32-40(55)30-34/h1-27,33-35,39-40H,28-32H2. The Bertz CT molecular complexity index is 3100. The maximum atomic E-state index is 5.50. The van der Waals surface area contributed by atoms with Crippen molar-refractivity contribution in [3.63, 3.8) is 0 Å². The number of para-hydroxylation sites is 2. The van der Waals surface area contributed by atoms with Gasteiger partial charge in [-0.25, -0.2) is 15.0 Å². The summed E-state index contributed by atoms with van der Waals surface area (Å²) in [7, 11) is 0. The van der Waals surface area contributed by atoms with Crippen molar-refractivity contribution in [1.82, 2.24) is 19.5 Å². The zero-order chi connectivity index (χ0) is 38.7. The lowest BCUT2D eigenvalue weighted by molar-refractivity contribution is -0.0397. The molecule has 4 bridgehead atoms. The number of nitrogens with zero attached hydrogens (tertiary/aromatic N) is 4. The lowest BCUT2D eigenvalue weighted by Gasteiger charge is -2.61. The summed E-state index contributed by atoms with van der Waals surface area (Å²) >= 11 is 0. The number of rotatable bonds is 5. The summed E-state index contributed by atoms with van der Waals surface area (Å²) in [6.45, 7) is 0. The van der Waals surface area contributed by atoms with E-state index in [0.29, 0.717) is 23.5 Å². The van der Waals surface area contributed by atoms with E-state index < -0.39 is 0 Å². The molecule has 0 atom stereocenters. The highest BCUT2D eigenvalue weighted by Crippen LogP contribution is 2.70. The highest BCUT2D eigenvalue weighted by atomic mass is 15.0. The number of benzene rings is 7. The van der Waals surface area contributed by atoms with E-state index in [0.717, 1.165) is 40.0 Å². The van der Waals surface area contributed by atoms with Crippen LogP contribution < -0.4 is 0 Å². The van der Waals surface area contributed by atoms with Crippen molar-refractivity contribution in [3.8, 4) is 62.1 Å². The first kappa shape index (κ1) is 33.3. The molecule has 0 radical (unpaired) electrons. The molecule has 5 aliphatic rings. The second-order valence-corrected chi connectivity index (χ2v) is 17.6. The first-order valence-electron chi connectivity index (χ1n) is 21.5. The molecule has 4 heteroatoms. The molecule has 0 amide bonds. The highest BCUT2D eigenvalue weighted by molar-refractivity contribution is 6.15. The highest BCUT2D eigenvalue weighted by Gasteiger charge is 2.62. The van der Waals surface area contributed by atoms with Gasteiger partial charge in [-0.3, -0.25) is 0 Å². The van der Waals surface area contributed by atoms with E-state index in [1.165, 1.54) is 81.7 Å². The molecule has 7 aromatic carbocycles. The smallest absolute Gasteiger partial charge is 0.164 e. The Hall–Kier alpha value is -6.65. The van der Waals surface area contributed by atoms with E-state index in [4.69, 9.17) is 15.0 Å². The average Bonchev–Trinajstić information content (AvgIpc) is 3.80. The third-order valence-corrected chi connectivity index (χ3v) is 14.6. The van der Waals surface area contributed by atoms with Crippen molar-refractivity contribution in [2.45, 2.75) is 37.5 Å². The van der Waals surface area contributed by atoms with Gasteiger partial charge in [0.1, 0.15) is 0 Å². The molecule has 282 valence electrons. The van der Waals surface area contributed by atoms with Gasteiger partial charge in [-0.15, -0.1) is 0 Å². The van der Waals surface area contributed by atoms with E-state index in [1.807, 2.05) is 0 Å². The summed E-state index contributed by atoms with van der Waals surface area (Å²) in [5, 5.41) is 2.48. The van der Waals surface area contributed by atoms with E-state index in [2.05, 4.69) is 174 Å². The third-order valence-electron chi connectivity index (χ3n) is 14.6. The number of hydrogen-bond acceptors (Lipinski definition) is 3. The quantitative estimate of drug-likeness (QED) is 0.176. The van der Waals surface area contributed by atoms with Crippen LogP contribution in [0.25, 0.3) is 83.9 Å². The van der Waals surface area contributed by atoms with Crippen LogP contribution in [0.5, 0.6) is 0 Å². The molecule has 0 saturated heterocycles. The largest absolute Gasteiger partial charge is 0.309 e. The zero-order valence-electron chi connectivity index (χ0n) is 32.8. The summed E-state index contributed by atoms with van der Waals surface area (Å²) in [5.41, 5.74) is 14.8. The Balaban J connectivity index is 1.01. The molecule has 2 aromatic heterocycles. The fourth-order valence-corrected chi connectivity index (χ4v) is 12.7. The van der Waals surface area contributed by atoms with Crippen LogP contribution >= 0.6 is 0 Å². The van der Waals surface area contributed by atoms with E-state index >= 15 is 0 Å². The van der Waals surface area contributed by atoms with Crippen molar-refractivity contribution >= 4 is 21.8 Å². The van der Waals surface area contributed by atoms with Gasteiger partial charge in [0.2, 0.25) is 0 Å². The summed E-state index contributed by atoms with van der Waals surface area (Å²) in [5.74, 6) is 5.19. The van der Waals surface area contributed by atoms with Gasteiger partial charge < -0.3 is 4.57 Å². The first-order valence-corrected chi connectivity index (χ1v) is 21.5. The molecule has 0 aliphatic heterocycles. The molecular formula is C55H42N4. The van der Waals surface area contributed by atoms with Gasteiger partial charge in [0.15, 0.2) is 17.5 Å². The molecule has 59 heavy (non-hydrogen) atoms. The van der Waals surface area contributed by atoms with Gasteiger partial charge in [0.25, 0.3) is 0 Å². The lowest BCUT2D eigenvalue weighted by atomic mass is 9.43. The van der Waals surface area contributed by atoms with Crippen LogP contribution in [-0.2, 0) is 5.41 Å². The molecule has 9 aromatic rings. The predicted octanol–water partition coefficient (Wildman–Crippen LogP) is 13.4. The van der Waals surface area contributed by atoms with Gasteiger partial charge >= 0.3 is 0 Å². The van der Waals surface area contributed by atoms with Crippen LogP contribution in [0.4, 0.5) is 0 Å². The topological polar surface area (TPSA) is 43.6 Å². The van der Waals surface area contributed by atoms with Crippen molar-refractivity contribution in [3.05, 3.63) is 181 Å². The average molecular weight is 759 g/mol. The number of aromatic nitrogens is 4. The van der Waals surface area contributed by atoms with Gasteiger partial charge in [-0.1, -0.05) is 140 Å². The van der Waals surface area contributed by atoms with Gasteiger partial charge in [-0.05, 0) is 119 Å². The Morgan fingerprint density at radius 2 is 0.983 bits per heavy atom. The first-order chi connectivity index (χ1) is 29.2. The maximum absolute atomic E-state index is 5.50. The molecule has 2 heterocycles. The minimum Gasteiger partial charge on any atom is -0.309 e. The van der Waals surface area contributed by atoms with Crippen LogP contribution in [-0.4, -0.2) is 19.5 Å². The van der Waals surface area contributed by atoms with E-state index in [1.54, 1.807) is 5.56 Å². The van der Waals surface area contributed by atoms with Gasteiger partial charge in [-0.2, -0.15) is 0 Å². The summed E-state index contributed by atoms with van der Waals surface area (Å²) in [6.07, 6.45) is 6.75. The van der Waals surface area contributed by atoms with Crippen LogP contribution in [0.3, 0.4) is 0 Å². The van der Waals surface area contributed by atoms with Crippen molar-refractivity contribution < 1.29 is 0 Å². The van der Waals surface area contributed by atoms with Crippen LogP contribution in [0, 0.1) is 23.7 Å². The summed E-state index contributed by atoms with van der Waals surface area (Å²) in [6, 6.07) is 61.6. The molecule has 0 unspecified atom stereocenters. The fraction of sp³-hybridized carbons (Fsp3) is 0.182. The molecule has 14 rings (SSSR count). The third kappa shape index (κ3) is 4.80. The van der Waals surface area contributed by atoms with Crippen molar-refractivity contribution in [2.75, 3.05) is 0 Å². The molecule has 4 fully saturated rings. The SMILES string of the molecule is c1ccc(-c2nc(-c3cccc(-c4cccc5c4c4ccccc4n5-c4ccccc4)c3)nc(-c3cccc4c3C3(c5ccccc5-4)C4CC5CC(C4)CC3C5)n2)cc1. The molecule has 4 nitrogen and oxygen atoms in total. The van der Waals surface area contributed by atoms with Crippen molar-refractivity contribution in [2.24, 2.45) is 23.7 Å². The molecule has 1 spiro atoms. The predicted molar refractivity (Wildman–Crippen MR) is 239 cm³/mol. The maximum Gasteiger partial charge on any atom is 0.164 e. The Morgan fingerprint density at radius 3 is 1.80 bits per heavy atom. The van der Waals surface area contributed by atoms with E-state index in [9.17, 15) is 0 Å². The van der Waals surface area contributed by atoms with Gasteiger partial charge in [0.05, 0.1) is 11.0 Å². The Labute approximate surface area is 344 Å². The second-order valence-electron chi connectivity index (χ2n) is 17.6. The Kier molecular flexibility index (Phi) is 7.16. The lowest BCUT2D eigenvalue weighted by Crippen LogP contribution is -2.55. The van der Waals surface area contributed by atoms with E-state index in [-0.39, 0.29) is 5.41 Å². The number of hydrogen-bond donors (Lipinski definition) is 0. The van der Waals surface area contributed by atoms with Gasteiger partial charge in [0, 0.05) is 38.6 Å². The van der Waals surface area contributed by atoms with Crippen molar-refractivity contribution in [1.29, 1.82) is 0 Å².